The maximum atomic E-state index is 14.2. The summed E-state index contributed by atoms with van der Waals surface area (Å²) >= 11 is 0. The minimum Gasteiger partial charge on any atom is -0.444 e. The Morgan fingerprint density at radius 2 is 1.03 bits per heavy atom. The van der Waals surface area contributed by atoms with Crippen LogP contribution in [0.15, 0.2) is 48.5 Å². The molecule has 0 aliphatic carbocycles. The van der Waals surface area contributed by atoms with Gasteiger partial charge in [-0.2, -0.15) is 0 Å². The normalized spacial score (nSPS) is 13.6. The van der Waals surface area contributed by atoms with E-state index in [1.807, 2.05) is 38.1 Å². The fourth-order valence-electron chi connectivity index (χ4n) is 6.90. The van der Waals surface area contributed by atoms with Crippen LogP contribution in [-0.4, -0.2) is 102 Å². The second-order valence-electron chi connectivity index (χ2n) is 19.8. The van der Waals surface area contributed by atoms with Gasteiger partial charge in [-0.05, 0) is 134 Å². The number of carbonyl (C=O) groups is 8. The lowest BCUT2D eigenvalue weighted by Gasteiger charge is -2.26. The Hall–Kier alpha value is -6.28. The first-order chi connectivity index (χ1) is 32.8. The number of aryl methyl sites for hydroxylation is 1. The van der Waals surface area contributed by atoms with E-state index < -0.39 is 89.3 Å². The van der Waals surface area contributed by atoms with Crippen LogP contribution < -0.4 is 54.4 Å². The van der Waals surface area contributed by atoms with Crippen LogP contribution in [0.5, 0.6) is 0 Å². The number of unbranched alkanes of at least 4 members (excludes halogenated alkanes) is 3. The van der Waals surface area contributed by atoms with Gasteiger partial charge in [-0.3, -0.25) is 28.8 Å². The molecule has 20 nitrogen and oxygen atoms in total. The summed E-state index contributed by atoms with van der Waals surface area (Å²) in [7, 11) is 0. The van der Waals surface area contributed by atoms with Gasteiger partial charge in [0.15, 0.2) is 6.17 Å². The molecule has 20 heteroatoms. The molecule has 0 aliphatic heterocycles. The summed E-state index contributed by atoms with van der Waals surface area (Å²) in [6, 6.07) is 11.6. The molecule has 0 heterocycles. The molecule has 0 spiro atoms. The van der Waals surface area contributed by atoms with Gasteiger partial charge in [0.2, 0.25) is 23.6 Å². The van der Waals surface area contributed by atoms with Crippen molar-refractivity contribution in [2.45, 2.75) is 175 Å². The van der Waals surface area contributed by atoms with E-state index in [0.717, 1.165) is 30.4 Å². The van der Waals surface area contributed by atoms with E-state index in [9.17, 15) is 38.4 Å². The Labute approximate surface area is 413 Å². The first-order valence-electron chi connectivity index (χ1n) is 24.2. The van der Waals surface area contributed by atoms with E-state index in [0.29, 0.717) is 25.7 Å². The molecule has 8 amide bonds. The molecule has 0 bridgehead atoms. The Balaban J connectivity index is 2.34. The number of hydrogen-bond acceptors (Lipinski definition) is 12. The van der Waals surface area contributed by atoms with Crippen LogP contribution in [0.25, 0.3) is 11.1 Å². The Kier molecular flexibility index (Phi) is 25.4. The summed E-state index contributed by atoms with van der Waals surface area (Å²) in [5.74, 6) is -4.55. The van der Waals surface area contributed by atoms with Crippen molar-refractivity contribution in [2.24, 2.45) is 23.1 Å². The van der Waals surface area contributed by atoms with Gasteiger partial charge >= 0.3 is 12.2 Å². The number of nitrogens with two attached hydrogens (primary N) is 3. The van der Waals surface area contributed by atoms with Crippen molar-refractivity contribution in [3.8, 4) is 11.1 Å². The van der Waals surface area contributed by atoms with Crippen molar-refractivity contribution >= 4 is 47.6 Å². The number of nitrogens with one attached hydrogen (secondary N) is 7. The Morgan fingerprint density at radius 3 is 1.50 bits per heavy atom. The van der Waals surface area contributed by atoms with Gasteiger partial charge in [-0.25, -0.2) is 9.59 Å². The van der Waals surface area contributed by atoms with Crippen molar-refractivity contribution in [1.82, 2.24) is 37.2 Å². The monoisotopic (exact) mass is 981 g/mol. The topological polar surface area (TPSA) is 317 Å². The predicted molar refractivity (Wildman–Crippen MR) is 267 cm³/mol. The number of rotatable bonds is 28. The lowest BCUT2D eigenvalue weighted by Crippen LogP contribution is -2.61. The molecular formula is C50H80N10O10. The van der Waals surface area contributed by atoms with E-state index in [4.69, 9.17) is 26.7 Å². The fourth-order valence-corrected chi connectivity index (χ4v) is 6.90. The number of hydrogen-bond donors (Lipinski definition) is 10. The summed E-state index contributed by atoms with van der Waals surface area (Å²) in [5.41, 5.74) is 19.2. The number of primary amides is 1. The highest BCUT2D eigenvalue weighted by Gasteiger charge is 2.31. The van der Waals surface area contributed by atoms with Crippen molar-refractivity contribution in [1.29, 1.82) is 0 Å². The average molecular weight is 981 g/mol. The molecule has 0 aliphatic rings. The molecule has 2 aromatic rings. The molecule has 0 radical (unpaired) electrons. The van der Waals surface area contributed by atoms with Crippen molar-refractivity contribution < 1.29 is 47.8 Å². The van der Waals surface area contributed by atoms with E-state index in [1.165, 1.54) is 5.56 Å². The molecule has 0 saturated carbocycles. The van der Waals surface area contributed by atoms with Gasteiger partial charge in [-0.1, -0.05) is 63.6 Å². The summed E-state index contributed by atoms with van der Waals surface area (Å²) in [6.45, 7) is 16.6. The minimum absolute atomic E-state index is 0.0135. The second kappa shape index (κ2) is 29.7. The Morgan fingerprint density at radius 1 is 0.571 bits per heavy atom. The molecular weight excluding hydrogens is 901 g/mol. The lowest BCUT2D eigenvalue weighted by molar-refractivity contribution is -0.134. The van der Waals surface area contributed by atoms with E-state index in [-0.39, 0.29) is 50.3 Å². The Bertz CT molecular complexity index is 2020. The number of carbonyl (C=O) groups excluding carboxylic acids is 8. The van der Waals surface area contributed by atoms with E-state index in [1.54, 1.807) is 53.7 Å². The van der Waals surface area contributed by atoms with Gasteiger partial charge < -0.3 is 63.9 Å². The molecule has 2 aromatic carbocycles. The first-order valence-corrected chi connectivity index (χ1v) is 24.2. The summed E-state index contributed by atoms with van der Waals surface area (Å²) in [6.07, 6.45) is 0.510. The van der Waals surface area contributed by atoms with Crippen LogP contribution in [0.2, 0.25) is 0 Å². The zero-order chi connectivity index (χ0) is 52.6. The van der Waals surface area contributed by atoms with Crippen LogP contribution >= 0.6 is 0 Å². The molecule has 0 saturated heterocycles. The summed E-state index contributed by atoms with van der Waals surface area (Å²) in [4.78, 5) is 104. The minimum atomic E-state index is -1.70. The molecule has 2 rings (SSSR count). The van der Waals surface area contributed by atoms with Crippen LogP contribution in [0.4, 0.5) is 9.59 Å². The number of ether oxygens (including phenoxy) is 2. The maximum Gasteiger partial charge on any atom is 0.407 e. The first kappa shape index (κ1) is 59.8. The molecule has 0 aromatic heterocycles. The van der Waals surface area contributed by atoms with Gasteiger partial charge in [0.25, 0.3) is 11.8 Å². The third-order valence-corrected chi connectivity index (χ3v) is 10.4. The molecule has 1 unspecified atom stereocenters. The quantitative estimate of drug-likeness (QED) is 0.0429. The maximum absolute atomic E-state index is 14.2. The highest BCUT2D eigenvalue weighted by atomic mass is 16.6. The predicted octanol–water partition coefficient (Wildman–Crippen LogP) is 3.88. The fraction of sp³-hybridized carbons (Fsp3) is 0.600. The highest BCUT2D eigenvalue weighted by molar-refractivity contribution is 5.99. The zero-order valence-corrected chi connectivity index (χ0v) is 42.6. The van der Waals surface area contributed by atoms with E-state index >= 15 is 0 Å². The molecule has 0 fully saturated rings. The van der Waals surface area contributed by atoms with Gasteiger partial charge in [0.05, 0.1) is 12.6 Å². The number of alkyl carbamates (subject to hydrolysis) is 2. The van der Waals surface area contributed by atoms with Crippen molar-refractivity contribution in [2.75, 3.05) is 13.1 Å². The third-order valence-electron chi connectivity index (χ3n) is 10.4. The van der Waals surface area contributed by atoms with E-state index in [2.05, 4.69) is 56.3 Å². The molecule has 5 atom stereocenters. The number of amides is 8. The number of benzene rings is 2. The van der Waals surface area contributed by atoms with Crippen molar-refractivity contribution in [3.05, 3.63) is 59.7 Å². The van der Waals surface area contributed by atoms with Crippen LogP contribution in [-0.2, 0) is 39.9 Å². The summed E-state index contributed by atoms with van der Waals surface area (Å²) < 4.78 is 10.6. The standard InChI is InChI=1S/C50H80N10O10/c1-10-11-16-32-19-21-33(22-20-32)34-23-25-35(26-24-34)42(62)56-36(17-12-14-27-54-47(67)69-49(4,5)6)43(63)57-37(18-13-15-28-55-48(68)70-50(7,8)9)44(64)60-41(53)46(66)58-38(29-31(2)3)45(65)59-39(51)30-40(52)61/h19-26,31,36-39,41H,10-18,27-30,51,53H2,1-9H3,(H2,52,61)(H,54,67)(H,55,68)(H,56,62)(H,57,63)(H,58,66)(H,59,65)(H,60,64)/t36?,37-,38-,39+,41+/m0/s1. The lowest BCUT2D eigenvalue weighted by atomic mass is 10.0. The zero-order valence-electron chi connectivity index (χ0n) is 42.6. The van der Waals surface area contributed by atoms with Crippen LogP contribution in [0.3, 0.4) is 0 Å². The average Bonchev–Trinajstić information content (AvgIpc) is 3.25. The summed E-state index contributed by atoms with van der Waals surface area (Å²) in [5, 5.41) is 18.3. The molecule has 390 valence electrons. The molecule has 70 heavy (non-hydrogen) atoms. The van der Waals surface area contributed by atoms with Crippen LogP contribution in [0.1, 0.15) is 142 Å². The second-order valence-corrected chi connectivity index (χ2v) is 19.8. The van der Waals surface area contributed by atoms with Gasteiger partial charge in [-0.15, -0.1) is 0 Å². The van der Waals surface area contributed by atoms with Crippen molar-refractivity contribution in [3.63, 3.8) is 0 Å². The molecule has 13 N–H and O–H groups in total. The van der Waals surface area contributed by atoms with Gasteiger partial charge in [0, 0.05) is 18.7 Å². The highest BCUT2D eigenvalue weighted by Crippen LogP contribution is 2.22. The third kappa shape index (κ3) is 24.8. The smallest absolute Gasteiger partial charge is 0.407 e. The van der Waals surface area contributed by atoms with Gasteiger partial charge in [0.1, 0.15) is 29.3 Å². The largest absolute Gasteiger partial charge is 0.444 e. The SMILES string of the molecule is CCCCc1ccc(-c2ccc(C(=O)NC(CCCCNC(=O)OC(C)(C)C)C(=O)N[C@@H](CCCCNC(=O)OC(C)(C)C)C(=O)N[C@@H](N)C(=O)N[C@@H](CC(C)C)C(=O)N[C@@H](N)CC(N)=O)cc2)cc1. The van der Waals surface area contributed by atoms with Crippen LogP contribution in [0, 0.1) is 5.92 Å².